The van der Waals surface area contributed by atoms with E-state index in [4.69, 9.17) is 9.84 Å². The van der Waals surface area contributed by atoms with Crippen molar-refractivity contribution < 1.29 is 19.7 Å². The predicted molar refractivity (Wildman–Crippen MR) is 78.0 cm³/mol. The lowest BCUT2D eigenvalue weighted by Gasteiger charge is -2.21. The average molecular weight is 344 g/mol. The van der Waals surface area contributed by atoms with E-state index < -0.39 is 5.97 Å². The highest BCUT2D eigenvalue weighted by Crippen LogP contribution is 2.36. The van der Waals surface area contributed by atoms with E-state index in [-0.39, 0.29) is 12.2 Å². The van der Waals surface area contributed by atoms with Gasteiger partial charge in [-0.2, -0.15) is 0 Å². The number of rotatable bonds is 7. The van der Waals surface area contributed by atoms with Crippen LogP contribution in [-0.4, -0.2) is 40.8 Å². The Balaban J connectivity index is 2.10. The van der Waals surface area contributed by atoms with Crippen LogP contribution >= 0.6 is 15.9 Å². The molecular weight excluding hydrogens is 326 g/mol. The zero-order chi connectivity index (χ0) is 14.7. The fourth-order valence-corrected chi connectivity index (χ4v) is 2.67. The summed E-state index contributed by atoms with van der Waals surface area (Å²) in [5.41, 5.74) is 0.990. The number of aliphatic carboxylic acids is 1. The Hall–Kier alpha value is -1.27. The van der Waals surface area contributed by atoms with Gasteiger partial charge in [0.05, 0.1) is 18.0 Å². The van der Waals surface area contributed by atoms with Gasteiger partial charge in [0.25, 0.3) is 0 Å². The Morgan fingerprint density at radius 3 is 2.75 bits per heavy atom. The monoisotopic (exact) mass is 343 g/mol. The van der Waals surface area contributed by atoms with Gasteiger partial charge in [-0.05, 0) is 46.5 Å². The van der Waals surface area contributed by atoms with E-state index in [1.807, 2.05) is 6.07 Å². The van der Waals surface area contributed by atoms with Crippen LogP contribution in [0.25, 0.3) is 0 Å². The molecule has 2 rings (SSSR count). The molecule has 1 saturated carbocycles. The predicted octanol–water partition coefficient (Wildman–Crippen LogP) is 2.60. The van der Waals surface area contributed by atoms with E-state index in [1.165, 1.54) is 7.11 Å². The number of ether oxygens (including phenoxy) is 1. The van der Waals surface area contributed by atoms with Crippen molar-refractivity contribution in [1.82, 2.24) is 4.90 Å². The SMILES string of the molecule is COc1cc(CN(CCC(=O)O)C2CC2)cc(Br)c1O. The Morgan fingerprint density at radius 1 is 1.50 bits per heavy atom. The zero-order valence-electron chi connectivity index (χ0n) is 11.3. The number of nitrogens with zero attached hydrogens (tertiary/aromatic N) is 1. The lowest BCUT2D eigenvalue weighted by atomic mass is 10.1. The molecule has 5 nitrogen and oxygen atoms in total. The number of phenolic OH excluding ortho intramolecular Hbond substituents is 1. The molecule has 1 aromatic rings. The van der Waals surface area contributed by atoms with Gasteiger partial charge in [-0.1, -0.05) is 0 Å². The van der Waals surface area contributed by atoms with Crippen molar-refractivity contribution in [3.63, 3.8) is 0 Å². The molecule has 0 atom stereocenters. The van der Waals surface area contributed by atoms with Gasteiger partial charge in [-0.15, -0.1) is 0 Å². The molecule has 0 spiro atoms. The summed E-state index contributed by atoms with van der Waals surface area (Å²) in [6, 6.07) is 4.11. The standard InChI is InChI=1S/C14H18BrNO4/c1-20-12-7-9(6-11(15)14(12)19)8-16(10-2-3-10)5-4-13(17)18/h6-7,10,19H,2-5,8H2,1H3,(H,17,18). The first-order valence-corrected chi connectivity index (χ1v) is 7.31. The fourth-order valence-electron chi connectivity index (χ4n) is 2.18. The molecule has 0 unspecified atom stereocenters. The van der Waals surface area contributed by atoms with Crippen LogP contribution in [0.2, 0.25) is 0 Å². The van der Waals surface area contributed by atoms with Gasteiger partial charge in [0.1, 0.15) is 0 Å². The van der Waals surface area contributed by atoms with E-state index in [9.17, 15) is 9.90 Å². The largest absolute Gasteiger partial charge is 0.503 e. The van der Waals surface area contributed by atoms with Crippen molar-refractivity contribution in [3.8, 4) is 11.5 Å². The minimum absolute atomic E-state index is 0.0831. The van der Waals surface area contributed by atoms with Gasteiger partial charge >= 0.3 is 5.97 Å². The van der Waals surface area contributed by atoms with Gasteiger partial charge in [-0.3, -0.25) is 9.69 Å². The smallest absolute Gasteiger partial charge is 0.304 e. The van der Waals surface area contributed by atoms with Gasteiger partial charge in [0.15, 0.2) is 11.5 Å². The highest BCUT2D eigenvalue weighted by Gasteiger charge is 2.29. The van der Waals surface area contributed by atoms with Crippen molar-refractivity contribution in [2.45, 2.75) is 31.8 Å². The Morgan fingerprint density at radius 2 is 2.20 bits per heavy atom. The second-order valence-electron chi connectivity index (χ2n) is 4.97. The molecule has 0 aromatic heterocycles. The summed E-state index contributed by atoms with van der Waals surface area (Å²) >= 11 is 3.30. The van der Waals surface area contributed by atoms with Gasteiger partial charge in [-0.25, -0.2) is 0 Å². The van der Waals surface area contributed by atoms with E-state index in [1.54, 1.807) is 6.07 Å². The Bertz CT molecular complexity index is 502. The quantitative estimate of drug-likeness (QED) is 0.796. The van der Waals surface area contributed by atoms with E-state index in [0.29, 0.717) is 29.4 Å². The van der Waals surface area contributed by atoms with Crippen LogP contribution < -0.4 is 4.74 Å². The van der Waals surface area contributed by atoms with Crippen molar-refractivity contribution in [1.29, 1.82) is 0 Å². The molecular formula is C14H18BrNO4. The van der Waals surface area contributed by atoms with Crippen LogP contribution in [0.3, 0.4) is 0 Å². The van der Waals surface area contributed by atoms with Crippen LogP contribution in [0.1, 0.15) is 24.8 Å². The third kappa shape index (κ3) is 3.86. The van der Waals surface area contributed by atoms with Crippen molar-refractivity contribution in [3.05, 3.63) is 22.2 Å². The lowest BCUT2D eigenvalue weighted by molar-refractivity contribution is -0.137. The first kappa shape index (κ1) is 15.1. The number of halogens is 1. The molecule has 20 heavy (non-hydrogen) atoms. The number of hydrogen-bond donors (Lipinski definition) is 2. The summed E-state index contributed by atoms with van der Waals surface area (Å²) < 4.78 is 5.71. The molecule has 1 aromatic carbocycles. The summed E-state index contributed by atoms with van der Waals surface area (Å²) in [7, 11) is 1.51. The molecule has 2 N–H and O–H groups in total. The molecule has 0 radical (unpaired) electrons. The van der Waals surface area contributed by atoms with Crippen LogP contribution in [0.4, 0.5) is 0 Å². The van der Waals surface area contributed by atoms with Crippen LogP contribution in [0.5, 0.6) is 11.5 Å². The molecule has 1 aliphatic carbocycles. The minimum atomic E-state index is -0.778. The molecule has 1 aliphatic rings. The van der Waals surface area contributed by atoms with Crippen LogP contribution in [0, 0.1) is 0 Å². The fraction of sp³-hybridized carbons (Fsp3) is 0.500. The maximum Gasteiger partial charge on any atom is 0.304 e. The van der Waals surface area contributed by atoms with E-state index in [2.05, 4.69) is 20.8 Å². The van der Waals surface area contributed by atoms with Crippen LogP contribution in [0.15, 0.2) is 16.6 Å². The third-order valence-corrected chi connectivity index (χ3v) is 3.97. The normalized spacial score (nSPS) is 14.6. The van der Waals surface area contributed by atoms with E-state index >= 15 is 0 Å². The highest BCUT2D eigenvalue weighted by molar-refractivity contribution is 9.10. The number of carbonyl (C=O) groups is 1. The van der Waals surface area contributed by atoms with Crippen molar-refractivity contribution in [2.24, 2.45) is 0 Å². The maximum atomic E-state index is 10.7. The summed E-state index contributed by atoms with van der Waals surface area (Å²) in [6.07, 6.45) is 2.39. The summed E-state index contributed by atoms with van der Waals surface area (Å²) in [5.74, 6) is -0.275. The van der Waals surface area contributed by atoms with Gasteiger partial charge < -0.3 is 14.9 Å². The van der Waals surface area contributed by atoms with Crippen molar-refractivity contribution in [2.75, 3.05) is 13.7 Å². The molecule has 0 saturated heterocycles. The summed E-state index contributed by atoms with van der Waals surface area (Å²) in [4.78, 5) is 12.9. The first-order chi connectivity index (χ1) is 9.51. The molecule has 0 amide bonds. The number of carboxylic acid groups (broad SMARTS) is 1. The number of phenols is 1. The van der Waals surface area contributed by atoms with Gasteiger partial charge in [0, 0.05) is 19.1 Å². The average Bonchev–Trinajstić information content (AvgIpc) is 3.22. The summed E-state index contributed by atoms with van der Waals surface area (Å²) in [6.45, 7) is 1.20. The summed E-state index contributed by atoms with van der Waals surface area (Å²) in [5, 5.41) is 18.6. The third-order valence-electron chi connectivity index (χ3n) is 3.37. The Kier molecular flexibility index (Phi) is 4.88. The molecule has 0 heterocycles. The van der Waals surface area contributed by atoms with Crippen LogP contribution in [-0.2, 0) is 11.3 Å². The van der Waals surface area contributed by atoms with Gasteiger partial charge in [0.2, 0.25) is 0 Å². The lowest BCUT2D eigenvalue weighted by Crippen LogP contribution is -2.28. The molecule has 1 fully saturated rings. The first-order valence-electron chi connectivity index (χ1n) is 6.52. The number of methoxy groups -OCH3 is 1. The molecule has 6 heteroatoms. The highest BCUT2D eigenvalue weighted by atomic mass is 79.9. The zero-order valence-corrected chi connectivity index (χ0v) is 12.9. The Labute approximate surface area is 126 Å². The van der Waals surface area contributed by atoms with Crippen molar-refractivity contribution >= 4 is 21.9 Å². The topological polar surface area (TPSA) is 70.0 Å². The molecule has 110 valence electrons. The number of carboxylic acids is 1. The second kappa shape index (κ2) is 6.45. The molecule has 0 bridgehead atoms. The minimum Gasteiger partial charge on any atom is -0.503 e. The number of aromatic hydroxyl groups is 1. The number of hydrogen-bond acceptors (Lipinski definition) is 4. The molecule has 0 aliphatic heterocycles. The number of benzene rings is 1. The van der Waals surface area contributed by atoms with E-state index in [0.717, 1.165) is 18.4 Å². The second-order valence-corrected chi connectivity index (χ2v) is 5.83. The maximum absolute atomic E-state index is 10.7.